The second kappa shape index (κ2) is 5.02. The van der Waals surface area contributed by atoms with Crippen LogP contribution in [-0.4, -0.2) is 20.3 Å². The van der Waals surface area contributed by atoms with E-state index in [-0.39, 0.29) is 19.0 Å². The molecule has 83 valence electrons. The molecular formula is C10H10F3O2. The quantitative estimate of drug-likeness (QED) is 0.724. The SMILES string of the molecule is COCCOc1ccc[c]c1C(F)(F)F. The molecular weight excluding hydrogens is 209 g/mol. The molecule has 1 rings (SSSR count). The highest BCUT2D eigenvalue weighted by Gasteiger charge is 2.34. The van der Waals surface area contributed by atoms with Crippen molar-refractivity contribution in [3.05, 3.63) is 29.8 Å². The van der Waals surface area contributed by atoms with Crippen LogP contribution in [0.2, 0.25) is 0 Å². The van der Waals surface area contributed by atoms with Gasteiger partial charge in [0.2, 0.25) is 0 Å². The molecule has 2 nitrogen and oxygen atoms in total. The Balaban J connectivity index is 2.78. The van der Waals surface area contributed by atoms with Gasteiger partial charge >= 0.3 is 6.18 Å². The summed E-state index contributed by atoms with van der Waals surface area (Å²) in [4.78, 5) is 0. The predicted octanol–water partition coefficient (Wildman–Crippen LogP) is 2.53. The van der Waals surface area contributed by atoms with E-state index in [9.17, 15) is 13.2 Å². The van der Waals surface area contributed by atoms with E-state index in [1.165, 1.54) is 25.3 Å². The van der Waals surface area contributed by atoms with Gasteiger partial charge in [0.05, 0.1) is 6.61 Å². The fourth-order valence-corrected chi connectivity index (χ4v) is 0.998. The molecule has 0 N–H and O–H groups in total. The average molecular weight is 219 g/mol. The molecule has 0 aliphatic heterocycles. The molecule has 0 heterocycles. The van der Waals surface area contributed by atoms with E-state index in [1.54, 1.807) is 0 Å². The largest absolute Gasteiger partial charge is 0.491 e. The lowest BCUT2D eigenvalue weighted by Gasteiger charge is -2.12. The standard InChI is InChI=1S/C10H10F3O2/c1-14-6-7-15-9-5-3-2-4-8(9)10(11,12)13/h2-3,5H,6-7H2,1H3. The number of hydrogen-bond acceptors (Lipinski definition) is 2. The maximum Gasteiger partial charge on any atom is 0.420 e. The van der Waals surface area contributed by atoms with E-state index in [0.717, 1.165) is 0 Å². The van der Waals surface area contributed by atoms with Gasteiger partial charge in [-0.1, -0.05) is 12.1 Å². The van der Waals surface area contributed by atoms with E-state index in [4.69, 9.17) is 4.74 Å². The van der Waals surface area contributed by atoms with Crippen LogP contribution >= 0.6 is 0 Å². The second-order valence-corrected chi connectivity index (χ2v) is 2.75. The Kier molecular flexibility index (Phi) is 3.96. The monoisotopic (exact) mass is 219 g/mol. The van der Waals surface area contributed by atoms with Crippen LogP contribution in [-0.2, 0) is 10.9 Å². The molecule has 0 fully saturated rings. The van der Waals surface area contributed by atoms with E-state index in [0.29, 0.717) is 0 Å². The fraction of sp³-hybridized carbons (Fsp3) is 0.400. The molecule has 0 unspecified atom stereocenters. The topological polar surface area (TPSA) is 18.5 Å². The van der Waals surface area contributed by atoms with Gasteiger partial charge in [0, 0.05) is 7.11 Å². The zero-order valence-corrected chi connectivity index (χ0v) is 8.10. The first-order chi connectivity index (χ1) is 7.05. The molecule has 0 saturated carbocycles. The van der Waals surface area contributed by atoms with Crippen molar-refractivity contribution < 1.29 is 22.6 Å². The number of methoxy groups -OCH3 is 1. The van der Waals surface area contributed by atoms with Crippen LogP contribution in [0.3, 0.4) is 0 Å². The van der Waals surface area contributed by atoms with Crippen molar-refractivity contribution in [1.29, 1.82) is 0 Å². The van der Waals surface area contributed by atoms with Crippen molar-refractivity contribution in [3.8, 4) is 5.75 Å². The lowest BCUT2D eigenvalue weighted by Crippen LogP contribution is -2.11. The maximum absolute atomic E-state index is 12.4. The number of hydrogen-bond donors (Lipinski definition) is 0. The lowest BCUT2D eigenvalue weighted by atomic mass is 10.2. The van der Waals surface area contributed by atoms with Gasteiger partial charge in [-0.3, -0.25) is 0 Å². The Morgan fingerprint density at radius 3 is 2.67 bits per heavy atom. The highest BCUT2D eigenvalue weighted by atomic mass is 19.4. The third-order valence-corrected chi connectivity index (χ3v) is 1.65. The van der Waals surface area contributed by atoms with Crippen molar-refractivity contribution in [2.75, 3.05) is 20.3 Å². The van der Waals surface area contributed by atoms with Crippen molar-refractivity contribution in [2.24, 2.45) is 0 Å². The van der Waals surface area contributed by atoms with Gasteiger partial charge in [-0.15, -0.1) is 0 Å². The summed E-state index contributed by atoms with van der Waals surface area (Å²) in [6.45, 7) is 0.323. The van der Waals surface area contributed by atoms with Gasteiger partial charge in [0.1, 0.15) is 17.9 Å². The minimum atomic E-state index is -4.44. The molecule has 1 aromatic rings. The summed E-state index contributed by atoms with van der Waals surface area (Å²) in [5.74, 6) is -0.220. The summed E-state index contributed by atoms with van der Waals surface area (Å²) in [5, 5.41) is 0. The molecule has 0 bridgehead atoms. The van der Waals surface area contributed by atoms with Gasteiger partial charge in [0.25, 0.3) is 0 Å². The molecule has 5 heteroatoms. The maximum atomic E-state index is 12.4. The van der Waals surface area contributed by atoms with Gasteiger partial charge in [-0.05, 0) is 12.1 Å². The van der Waals surface area contributed by atoms with Crippen LogP contribution in [0.5, 0.6) is 5.75 Å². The van der Waals surface area contributed by atoms with Gasteiger partial charge in [0.15, 0.2) is 0 Å². The first-order valence-electron chi connectivity index (χ1n) is 4.25. The van der Waals surface area contributed by atoms with Gasteiger partial charge < -0.3 is 9.47 Å². The van der Waals surface area contributed by atoms with Crippen LogP contribution in [0.15, 0.2) is 18.2 Å². The van der Waals surface area contributed by atoms with Crippen LogP contribution < -0.4 is 4.74 Å². The highest BCUT2D eigenvalue weighted by Crippen LogP contribution is 2.35. The summed E-state index contributed by atoms with van der Waals surface area (Å²) >= 11 is 0. The zero-order valence-electron chi connectivity index (χ0n) is 8.10. The van der Waals surface area contributed by atoms with Crippen molar-refractivity contribution in [2.45, 2.75) is 6.18 Å². The number of halogens is 3. The fourth-order valence-electron chi connectivity index (χ4n) is 0.998. The van der Waals surface area contributed by atoms with Crippen molar-refractivity contribution >= 4 is 0 Å². The Bertz CT molecular complexity index is 310. The third kappa shape index (κ3) is 3.43. The molecule has 0 aliphatic carbocycles. The summed E-state index contributed by atoms with van der Waals surface area (Å²) in [6.07, 6.45) is -4.44. The van der Waals surface area contributed by atoms with E-state index in [2.05, 4.69) is 10.8 Å². The van der Waals surface area contributed by atoms with Crippen molar-refractivity contribution in [3.63, 3.8) is 0 Å². The number of alkyl halides is 3. The molecule has 0 saturated heterocycles. The Labute approximate surface area is 85.6 Å². The van der Waals surface area contributed by atoms with Crippen LogP contribution in [0.25, 0.3) is 0 Å². The Morgan fingerprint density at radius 2 is 2.07 bits per heavy atom. The van der Waals surface area contributed by atoms with Gasteiger partial charge in [-0.2, -0.15) is 13.2 Å². The van der Waals surface area contributed by atoms with Gasteiger partial charge in [-0.25, -0.2) is 0 Å². The first kappa shape index (κ1) is 11.8. The molecule has 0 aromatic heterocycles. The molecule has 0 aliphatic rings. The van der Waals surface area contributed by atoms with Crippen LogP contribution in [0, 0.1) is 6.07 Å². The normalized spacial score (nSPS) is 11.5. The molecule has 0 amide bonds. The number of rotatable bonds is 4. The van der Waals surface area contributed by atoms with E-state index < -0.39 is 11.7 Å². The minimum Gasteiger partial charge on any atom is -0.491 e. The third-order valence-electron chi connectivity index (χ3n) is 1.65. The highest BCUT2D eigenvalue weighted by molar-refractivity contribution is 5.34. The molecule has 1 radical (unpaired) electrons. The molecule has 0 atom stereocenters. The summed E-state index contributed by atoms with van der Waals surface area (Å²) in [6, 6.07) is 6.01. The second-order valence-electron chi connectivity index (χ2n) is 2.75. The first-order valence-corrected chi connectivity index (χ1v) is 4.25. The van der Waals surface area contributed by atoms with E-state index in [1.807, 2.05) is 0 Å². The minimum absolute atomic E-state index is 0.0808. The van der Waals surface area contributed by atoms with Crippen molar-refractivity contribution in [1.82, 2.24) is 0 Å². The lowest BCUT2D eigenvalue weighted by molar-refractivity contribution is -0.139. The van der Waals surface area contributed by atoms with Crippen LogP contribution in [0.4, 0.5) is 13.2 Å². The molecule has 1 aromatic carbocycles. The molecule has 0 spiro atoms. The average Bonchev–Trinajstić information content (AvgIpc) is 2.17. The number of ether oxygens (including phenoxy) is 2. The Hall–Kier alpha value is -1.23. The molecule has 15 heavy (non-hydrogen) atoms. The summed E-state index contributed by atoms with van der Waals surface area (Å²) in [5.41, 5.74) is -0.888. The summed E-state index contributed by atoms with van der Waals surface area (Å²) < 4.78 is 46.8. The Morgan fingerprint density at radius 1 is 1.33 bits per heavy atom. The van der Waals surface area contributed by atoms with Crippen LogP contribution in [0.1, 0.15) is 5.56 Å². The smallest absolute Gasteiger partial charge is 0.420 e. The zero-order chi connectivity index (χ0) is 11.3. The predicted molar refractivity (Wildman–Crippen MR) is 47.7 cm³/mol. The summed E-state index contributed by atoms with van der Waals surface area (Å²) in [7, 11) is 1.45. The number of benzene rings is 1. The van der Waals surface area contributed by atoms with E-state index >= 15 is 0 Å².